The van der Waals surface area contributed by atoms with Crippen molar-refractivity contribution in [3.63, 3.8) is 0 Å². The minimum atomic E-state index is -1.24. The molecule has 0 saturated carbocycles. The van der Waals surface area contributed by atoms with E-state index in [2.05, 4.69) is 15.6 Å². The van der Waals surface area contributed by atoms with Crippen molar-refractivity contribution in [1.29, 1.82) is 0 Å². The molecule has 0 aliphatic carbocycles. The molecule has 2 N–H and O–H groups in total. The Hall–Kier alpha value is -3.42. The van der Waals surface area contributed by atoms with Crippen LogP contribution in [0.25, 0.3) is 16.9 Å². The average molecular weight is 396 g/mol. The van der Waals surface area contributed by atoms with Crippen LogP contribution < -0.4 is 5.32 Å². The number of nitrogens with one attached hydrogen (secondary N) is 1. The fraction of sp³-hybridized carbons (Fsp3) is 0.333. The van der Waals surface area contributed by atoms with E-state index in [1.807, 2.05) is 58.0 Å². The molecule has 0 spiro atoms. The lowest BCUT2D eigenvalue weighted by Gasteiger charge is -2.16. The third-order valence-electron chi connectivity index (χ3n) is 4.38. The number of carboxylic acids is 1. The normalized spacial score (nSPS) is 11.5. The summed E-state index contributed by atoms with van der Waals surface area (Å²) in [5.74, 6) is -1.75. The highest BCUT2D eigenvalue weighted by atomic mass is 16.5. The van der Waals surface area contributed by atoms with Gasteiger partial charge in [0.25, 0.3) is 0 Å². The highest BCUT2D eigenvalue weighted by Crippen LogP contribution is 2.34. The van der Waals surface area contributed by atoms with Crippen molar-refractivity contribution in [3.05, 3.63) is 47.3 Å². The zero-order valence-corrected chi connectivity index (χ0v) is 17.1. The number of rotatable bonds is 5. The first kappa shape index (κ1) is 20.3. The van der Waals surface area contributed by atoms with Gasteiger partial charge in [-0.1, -0.05) is 44.1 Å². The molecule has 152 valence electrons. The number of aryl methyl sites for hydroxylation is 1. The van der Waals surface area contributed by atoms with Crippen molar-refractivity contribution >= 4 is 17.8 Å². The van der Waals surface area contributed by atoms with E-state index in [1.54, 1.807) is 11.6 Å². The molecule has 8 heteroatoms. The molecule has 0 saturated heterocycles. The minimum Gasteiger partial charge on any atom is -0.477 e. The lowest BCUT2D eigenvalue weighted by molar-refractivity contribution is -0.117. The topological polar surface area (TPSA) is 110 Å². The molecular formula is C21H24N4O4. The summed E-state index contributed by atoms with van der Waals surface area (Å²) in [4.78, 5) is 24.2. The summed E-state index contributed by atoms with van der Waals surface area (Å²) in [5.41, 5.74) is 2.43. The van der Waals surface area contributed by atoms with Gasteiger partial charge in [0.15, 0.2) is 5.56 Å². The molecule has 0 fully saturated rings. The van der Waals surface area contributed by atoms with Gasteiger partial charge in [-0.3, -0.25) is 10.1 Å². The number of carbonyl (C=O) groups is 2. The highest BCUT2D eigenvalue weighted by Gasteiger charge is 2.29. The van der Waals surface area contributed by atoms with E-state index in [4.69, 9.17) is 4.52 Å². The number of aromatic nitrogens is 3. The quantitative estimate of drug-likeness (QED) is 0.668. The third-order valence-corrected chi connectivity index (χ3v) is 4.38. The van der Waals surface area contributed by atoms with Crippen molar-refractivity contribution in [2.75, 3.05) is 5.32 Å². The van der Waals surface area contributed by atoms with Crippen LogP contribution in [0.2, 0.25) is 0 Å². The van der Waals surface area contributed by atoms with Gasteiger partial charge < -0.3 is 9.63 Å². The Bertz CT molecular complexity index is 1060. The van der Waals surface area contributed by atoms with Gasteiger partial charge in [-0.2, -0.15) is 5.10 Å². The smallest absolute Gasteiger partial charge is 0.343 e. The molecule has 29 heavy (non-hydrogen) atoms. The van der Waals surface area contributed by atoms with Gasteiger partial charge in [0.2, 0.25) is 11.8 Å². The van der Waals surface area contributed by atoms with Crippen LogP contribution in [0.5, 0.6) is 0 Å². The van der Waals surface area contributed by atoms with Gasteiger partial charge in [0.1, 0.15) is 5.69 Å². The van der Waals surface area contributed by atoms with Crippen LogP contribution in [0.4, 0.5) is 5.88 Å². The van der Waals surface area contributed by atoms with Crippen molar-refractivity contribution < 1.29 is 19.2 Å². The number of amides is 1. The fourth-order valence-corrected chi connectivity index (χ4v) is 3.20. The maximum Gasteiger partial charge on any atom is 0.343 e. The number of carboxylic acid groups (broad SMARTS) is 1. The molecule has 1 amide bonds. The van der Waals surface area contributed by atoms with Crippen LogP contribution in [0.15, 0.2) is 34.9 Å². The standard InChI is InChI=1S/C21H24N4O4/c1-12-16(13(2)25(23-12)14-9-7-6-8-10-14)18-17(20(27)28)19(29-24-18)22-15(26)11-21(3,4)5/h6-10H,11H2,1-5H3,(H,22,26)(H,27,28). The molecule has 2 aromatic heterocycles. The van der Waals surface area contributed by atoms with Crippen molar-refractivity contribution in [2.24, 2.45) is 5.41 Å². The molecule has 0 aliphatic heterocycles. The average Bonchev–Trinajstić information content (AvgIpc) is 3.14. The molecule has 0 radical (unpaired) electrons. The second-order valence-electron chi connectivity index (χ2n) is 8.12. The van der Waals surface area contributed by atoms with Gasteiger partial charge >= 0.3 is 5.97 Å². The summed E-state index contributed by atoms with van der Waals surface area (Å²) >= 11 is 0. The number of para-hydroxylation sites is 1. The first-order valence-corrected chi connectivity index (χ1v) is 9.23. The van der Waals surface area contributed by atoms with Crippen LogP contribution in [-0.2, 0) is 4.79 Å². The molecule has 8 nitrogen and oxygen atoms in total. The number of benzene rings is 1. The maximum atomic E-state index is 12.3. The number of anilines is 1. The number of hydrogen-bond donors (Lipinski definition) is 2. The molecule has 0 atom stereocenters. The van der Waals surface area contributed by atoms with Gasteiger partial charge in [0.05, 0.1) is 17.1 Å². The third kappa shape index (κ3) is 4.21. The highest BCUT2D eigenvalue weighted by molar-refractivity contribution is 6.03. The monoisotopic (exact) mass is 396 g/mol. The number of hydrogen-bond acceptors (Lipinski definition) is 5. The lowest BCUT2D eigenvalue weighted by atomic mass is 9.92. The van der Waals surface area contributed by atoms with E-state index in [-0.39, 0.29) is 34.9 Å². The summed E-state index contributed by atoms with van der Waals surface area (Å²) in [6, 6.07) is 9.51. The summed E-state index contributed by atoms with van der Waals surface area (Å²) < 4.78 is 6.95. The minimum absolute atomic E-state index is 0.140. The zero-order chi connectivity index (χ0) is 21.3. The Kier molecular flexibility index (Phi) is 5.28. The first-order chi connectivity index (χ1) is 13.6. The fourth-order valence-electron chi connectivity index (χ4n) is 3.20. The summed E-state index contributed by atoms with van der Waals surface area (Å²) in [6.45, 7) is 9.37. The largest absolute Gasteiger partial charge is 0.477 e. The number of nitrogens with zero attached hydrogens (tertiary/aromatic N) is 3. The predicted octanol–water partition coefficient (Wildman–Crippen LogP) is 4.22. The van der Waals surface area contributed by atoms with E-state index in [9.17, 15) is 14.7 Å². The second kappa shape index (κ2) is 7.54. The van der Waals surface area contributed by atoms with Gasteiger partial charge in [-0.15, -0.1) is 0 Å². The SMILES string of the molecule is Cc1nn(-c2ccccc2)c(C)c1-c1noc(NC(=O)CC(C)(C)C)c1C(=O)O. The summed E-state index contributed by atoms with van der Waals surface area (Å²) in [5, 5.41) is 20.8. The Labute approximate surface area is 168 Å². The van der Waals surface area contributed by atoms with Crippen LogP contribution in [-0.4, -0.2) is 31.9 Å². The van der Waals surface area contributed by atoms with Crippen LogP contribution >= 0.6 is 0 Å². The van der Waals surface area contributed by atoms with Crippen LogP contribution in [0.3, 0.4) is 0 Å². The molecule has 3 rings (SSSR count). The van der Waals surface area contributed by atoms with E-state index < -0.39 is 5.97 Å². The van der Waals surface area contributed by atoms with E-state index >= 15 is 0 Å². The Balaban J connectivity index is 2.05. The Morgan fingerprint density at radius 2 is 1.83 bits per heavy atom. The van der Waals surface area contributed by atoms with E-state index in [0.29, 0.717) is 11.3 Å². The van der Waals surface area contributed by atoms with E-state index in [0.717, 1.165) is 11.4 Å². The molecular weight excluding hydrogens is 372 g/mol. The van der Waals surface area contributed by atoms with Gasteiger partial charge in [-0.05, 0) is 31.4 Å². The van der Waals surface area contributed by atoms with Gasteiger partial charge in [0, 0.05) is 12.0 Å². The molecule has 0 unspecified atom stereocenters. The van der Waals surface area contributed by atoms with Crippen molar-refractivity contribution in [1.82, 2.24) is 14.9 Å². The summed E-state index contributed by atoms with van der Waals surface area (Å²) in [7, 11) is 0. The summed E-state index contributed by atoms with van der Waals surface area (Å²) in [6.07, 6.45) is 0.214. The lowest BCUT2D eigenvalue weighted by Crippen LogP contribution is -2.20. The van der Waals surface area contributed by atoms with Crippen molar-refractivity contribution in [2.45, 2.75) is 41.0 Å². The molecule has 3 aromatic rings. The predicted molar refractivity (Wildman–Crippen MR) is 108 cm³/mol. The zero-order valence-electron chi connectivity index (χ0n) is 17.1. The first-order valence-electron chi connectivity index (χ1n) is 9.23. The Morgan fingerprint density at radius 3 is 2.41 bits per heavy atom. The van der Waals surface area contributed by atoms with Crippen molar-refractivity contribution in [3.8, 4) is 16.9 Å². The number of aromatic carboxylic acids is 1. The van der Waals surface area contributed by atoms with Crippen LogP contribution in [0.1, 0.15) is 48.9 Å². The van der Waals surface area contributed by atoms with Crippen LogP contribution in [0, 0.1) is 19.3 Å². The second-order valence-corrected chi connectivity index (χ2v) is 8.12. The molecule has 0 bridgehead atoms. The number of carbonyl (C=O) groups excluding carboxylic acids is 1. The maximum absolute atomic E-state index is 12.3. The van der Waals surface area contributed by atoms with E-state index in [1.165, 1.54) is 0 Å². The molecule has 0 aliphatic rings. The molecule has 1 aromatic carbocycles. The molecule has 2 heterocycles. The van der Waals surface area contributed by atoms with Gasteiger partial charge in [-0.25, -0.2) is 9.48 Å². The Morgan fingerprint density at radius 1 is 1.17 bits per heavy atom.